The second-order valence-corrected chi connectivity index (χ2v) is 4.77. The average molecular weight is 183 g/mol. The molecule has 0 radical (unpaired) electrons. The molecule has 0 unspecified atom stereocenters. The molecule has 0 amide bonds. The fraction of sp³-hybridized carbons (Fsp3) is 0.900. The van der Waals surface area contributed by atoms with Gasteiger partial charge in [0, 0.05) is 0 Å². The van der Waals surface area contributed by atoms with Crippen molar-refractivity contribution < 1.29 is 9.90 Å². The maximum Gasteiger partial charge on any atom is 0.323 e. The summed E-state index contributed by atoms with van der Waals surface area (Å²) >= 11 is 0. The van der Waals surface area contributed by atoms with Gasteiger partial charge in [-0.1, -0.05) is 19.3 Å². The van der Waals surface area contributed by atoms with Crippen LogP contribution in [0.15, 0.2) is 0 Å². The van der Waals surface area contributed by atoms with E-state index >= 15 is 0 Å². The van der Waals surface area contributed by atoms with Crippen LogP contribution in [0.5, 0.6) is 0 Å². The Hall–Kier alpha value is -0.570. The lowest BCUT2D eigenvalue weighted by molar-refractivity contribution is -0.146. The topological polar surface area (TPSA) is 63.3 Å². The Balaban J connectivity index is 2.13. The van der Waals surface area contributed by atoms with E-state index in [0.717, 1.165) is 0 Å². The van der Waals surface area contributed by atoms with Crippen molar-refractivity contribution >= 4 is 5.97 Å². The third-order valence-corrected chi connectivity index (χ3v) is 3.62. The van der Waals surface area contributed by atoms with Gasteiger partial charge in [-0.2, -0.15) is 0 Å². The number of hydrogen-bond acceptors (Lipinski definition) is 2. The van der Waals surface area contributed by atoms with Crippen molar-refractivity contribution in [2.45, 2.75) is 44.1 Å². The van der Waals surface area contributed by atoms with Crippen molar-refractivity contribution in [2.24, 2.45) is 17.6 Å². The van der Waals surface area contributed by atoms with Gasteiger partial charge in [-0.05, 0) is 31.1 Å². The van der Waals surface area contributed by atoms with Crippen LogP contribution in [0.25, 0.3) is 0 Å². The summed E-state index contributed by atoms with van der Waals surface area (Å²) in [6.07, 6.45) is 6.24. The van der Waals surface area contributed by atoms with Gasteiger partial charge >= 0.3 is 5.97 Å². The number of aliphatic carboxylic acids is 1. The van der Waals surface area contributed by atoms with E-state index in [2.05, 4.69) is 0 Å². The molecule has 2 saturated carbocycles. The van der Waals surface area contributed by atoms with Crippen molar-refractivity contribution in [1.82, 2.24) is 0 Å². The molecule has 13 heavy (non-hydrogen) atoms. The van der Waals surface area contributed by atoms with Crippen LogP contribution in [0.2, 0.25) is 0 Å². The fourth-order valence-corrected chi connectivity index (χ4v) is 3.06. The van der Waals surface area contributed by atoms with Crippen molar-refractivity contribution in [1.29, 1.82) is 0 Å². The summed E-state index contributed by atoms with van der Waals surface area (Å²) in [4.78, 5) is 11.0. The molecule has 2 fully saturated rings. The second kappa shape index (κ2) is 2.98. The molecule has 0 saturated heterocycles. The lowest BCUT2D eigenvalue weighted by Crippen LogP contribution is -2.54. The zero-order chi connectivity index (χ0) is 9.47. The van der Waals surface area contributed by atoms with E-state index in [1.165, 1.54) is 25.7 Å². The summed E-state index contributed by atoms with van der Waals surface area (Å²) in [6, 6.07) is 0. The minimum Gasteiger partial charge on any atom is -0.480 e. The maximum absolute atomic E-state index is 11.0. The van der Waals surface area contributed by atoms with Gasteiger partial charge in [-0.3, -0.25) is 4.79 Å². The van der Waals surface area contributed by atoms with E-state index in [1.807, 2.05) is 0 Å². The van der Waals surface area contributed by atoms with E-state index in [-0.39, 0.29) is 0 Å². The molecule has 2 aliphatic rings. The molecule has 0 heterocycles. The zero-order valence-electron chi connectivity index (χ0n) is 7.83. The first kappa shape index (κ1) is 9.00. The van der Waals surface area contributed by atoms with Gasteiger partial charge in [-0.15, -0.1) is 0 Å². The van der Waals surface area contributed by atoms with E-state index in [9.17, 15) is 4.79 Å². The molecule has 2 bridgehead atoms. The molecule has 2 aliphatic carbocycles. The molecule has 3 nitrogen and oxygen atoms in total. The van der Waals surface area contributed by atoms with E-state index in [4.69, 9.17) is 10.8 Å². The van der Waals surface area contributed by atoms with Gasteiger partial charge in [-0.25, -0.2) is 0 Å². The predicted molar refractivity (Wildman–Crippen MR) is 49.2 cm³/mol. The third kappa shape index (κ3) is 1.57. The van der Waals surface area contributed by atoms with Gasteiger partial charge < -0.3 is 10.8 Å². The van der Waals surface area contributed by atoms with Gasteiger partial charge in [0.1, 0.15) is 5.54 Å². The second-order valence-electron chi connectivity index (χ2n) is 4.77. The van der Waals surface area contributed by atoms with E-state index in [1.54, 1.807) is 0 Å². The fourth-order valence-electron chi connectivity index (χ4n) is 3.06. The van der Waals surface area contributed by atoms with Gasteiger partial charge in [0.05, 0.1) is 0 Å². The van der Waals surface area contributed by atoms with Crippen LogP contribution in [0, 0.1) is 11.8 Å². The Labute approximate surface area is 78.3 Å². The van der Waals surface area contributed by atoms with Crippen molar-refractivity contribution in [3.05, 3.63) is 0 Å². The Bertz CT molecular complexity index is 215. The smallest absolute Gasteiger partial charge is 0.323 e. The zero-order valence-corrected chi connectivity index (χ0v) is 7.83. The summed E-state index contributed by atoms with van der Waals surface area (Å²) in [6.45, 7) is 0. The highest BCUT2D eigenvalue weighted by atomic mass is 16.4. The highest BCUT2D eigenvalue weighted by Gasteiger charge is 2.44. The molecule has 0 aliphatic heterocycles. The number of fused-ring (bicyclic) bond motifs is 2. The average Bonchev–Trinajstić information content (AvgIpc) is 2.02. The van der Waals surface area contributed by atoms with Crippen LogP contribution >= 0.6 is 0 Å². The van der Waals surface area contributed by atoms with E-state index in [0.29, 0.717) is 24.7 Å². The molecule has 0 spiro atoms. The number of carbonyl (C=O) groups is 1. The Morgan fingerprint density at radius 3 is 2.31 bits per heavy atom. The van der Waals surface area contributed by atoms with Gasteiger partial charge in [0.2, 0.25) is 0 Å². The van der Waals surface area contributed by atoms with Gasteiger partial charge in [0.15, 0.2) is 0 Å². The number of hydrogen-bond donors (Lipinski definition) is 2. The third-order valence-electron chi connectivity index (χ3n) is 3.62. The van der Waals surface area contributed by atoms with Crippen LogP contribution in [-0.2, 0) is 4.79 Å². The predicted octanol–water partition coefficient (Wildman–Crippen LogP) is 1.37. The summed E-state index contributed by atoms with van der Waals surface area (Å²) in [5, 5.41) is 9.03. The number of rotatable bonds is 1. The van der Waals surface area contributed by atoms with Crippen LogP contribution < -0.4 is 5.73 Å². The molecule has 0 aromatic heterocycles. The molecule has 74 valence electrons. The molecular weight excluding hydrogens is 166 g/mol. The Morgan fingerprint density at radius 2 is 1.85 bits per heavy atom. The largest absolute Gasteiger partial charge is 0.480 e. The highest BCUT2D eigenvalue weighted by molar-refractivity contribution is 5.78. The quantitative estimate of drug-likeness (QED) is 0.645. The molecule has 2 rings (SSSR count). The van der Waals surface area contributed by atoms with Gasteiger partial charge in [0.25, 0.3) is 0 Å². The number of carboxylic acids is 1. The van der Waals surface area contributed by atoms with Crippen molar-refractivity contribution in [2.75, 3.05) is 0 Å². The van der Waals surface area contributed by atoms with Crippen LogP contribution in [-0.4, -0.2) is 16.6 Å². The van der Waals surface area contributed by atoms with Crippen LogP contribution in [0.3, 0.4) is 0 Å². The van der Waals surface area contributed by atoms with E-state index < -0.39 is 11.5 Å². The summed E-state index contributed by atoms with van der Waals surface area (Å²) in [7, 11) is 0. The monoisotopic (exact) mass is 183 g/mol. The minimum absolute atomic E-state index is 0.577. The first-order valence-corrected chi connectivity index (χ1v) is 5.12. The molecule has 0 aromatic carbocycles. The molecule has 0 aromatic rings. The number of carboxylic acid groups (broad SMARTS) is 1. The molecule has 3 heteroatoms. The molecule has 3 N–H and O–H groups in total. The van der Waals surface area contributed by atoms with Crippen LogP contribution in [0.4, 0.5) is 0 Å². The molecular formula is C10H17NO2. The van der Waals surface area contributed by atoms with Crippen molar-refractivity contribution in [3.8, 4) is 0 Å². The lowest BCUT2D eigenvalue weighted by Gasteiger charge is -2.42. The normalized spacial score (nSPS) is 44.4. The standard InChI is InChI=1S/C10H17NO2/c11-10(9(12)13)5-7-2-1-3-8(4-7)6-10/h7-8H,1-6,11H2,(H,12,13)/t7-,8-/m0/s1. The summed E-state index contributed by atoms with van der Waals surface area (Å²) in [5.74, 6) is 0.353. The maximum atomic E-state index is 11.0. The first-order chi connectivity index (χ1) is 6.10. The lowest BCUT2D eigenvalue weighted by atomic mass is 9.65. The number of nitrogens with two attached hydrogens (primary N) is 1. The van der Waals surface area contributed by atoms with Crippen molar-refractivity contribution in [3.63, 3.8) is 0 Å². The summed E-state index contributed by atoms with van der Waals surface area (Å²) < 4.78 is 0. The Kier molecular flexibility index (Phi) is 2.06. The van der Waals surface area contributed by atoms with Crippen LogP contribution in [0.1, 0.15) is 38.5 Å². The minimum atomic E-state index is -0.909. The highest BCUT2D eigenvalue weighted by Crippen LogP contribution is 2.43. The first-order valence-electron chi connectivity index (χ1n) is 5.12. The summed E-state index contributed by atoms with van der Waals surface area (Å²) in [5.41, 5.74) is 4.98. The SMILES string of the molecule is NC1(C(=O)O)C[C@H]2CCC[C@@H](C2)C1. The molecule has 2 atom stereocenters. The Morgan fingerprint density at radius 1 is 1.31 bits per heavy atom.